The Balaban J connectivity index is 3.37. The lowest BCUT2D eigenvalue weighted by Gasteiger charge is -2.06. The molecule has 0 fully saturated rings. The minimum absolute atomic E-state index is 0.519. The molecule has 14 heavy (non-hydrogen) atoms. The number of nitrogens with zero attached hydrogens (tertiary/aromatic N) is 1. The number of nitrogens with one attached hydrogen (secondary N) is 1. The number of rotatable bonds is 7. The molecule has 4 heteroatoms. The smallest absolute Gasteiger partial charge is 0.188 e. The monoisotopic (exact) mass is 201 g/mol. The van der Waals surface area contributed by atoms with E-state index in [0.717, 1.165) is 26.1 Å². The molecular formula is C10H23N3O. The highest BCUT2D eigenvalue weighted by atomic mass is 16.5. The van der Waals surface area contributed by atoms with E-state index < -0.39 is 0 Å². The molecule has 0 aromatic heterocycles. The number of ether oxygens (including phenoxy) is 1. The van der Waals surface area contributed by atoms with Gasteiger partial charge in [-0.2, -0.15) is 0 Å². The molecule has 3 N–H and O–H groups in total. The van der Waals surface area contributed by atoms with Gasteiger partial charge in [0.15, 0.2) is 5.96 Å². The minimum atomic E-state index is 0.519. The normalized spacial score (nSPS) is 12.1. The second kappa shape index (κ2) is 8.81. The molecule has 0 bridgehead atoms. The molecule has 0 amide bonds. The quantitative estimate of drug-likeness (QED) is 0.366. The van der Waals surface area contributed by atoms with Gasteiger partial charge in [0.05, 0.1) is 6.61 Å². The summed E-state index contributed by atoms with van der Waals surface area (Å²) in [5.41, 5.74) is 5.63. The zero-order valence-corrected chi connectivity index (χ0v) is 9.55. The molecule has 0 radical (unpaired) electrons. The molecule has 0 spiro atoms. The molecule has 0 aromatic carbocycles. The molecule has 0 atom stereocenters. The largest absolute Gasteiger partial charge is 0.380 e. The third kappa shape index (κ3) is 9.32. The molecule has 0 aliphatic carbocycles. The van der Waals surface area contributed by atoms with Gasteiger partial charge in [0.2, 0.25) is 0 Å². The molecule has 0 saturated carbocycles. The highest BCUT2D eigenvalue weighted by Crippen LogP contribution is 1.97. The van der Waals surface area contributed by atoms with Crippen LogP contribution in [0.25, 0.3) is 0 Å². The van der Waals surface area contributed by atoms with Crippen LogP contribution in [0.1, 0.15) is 27.2 Å². The maximum atomic E-state index is 5.63. The van der Waals surface area contributed by atoms with Crippen LogP contribution in [0.5, 0.6) is 0 Å². The molecule has 0 saturated heterocycles. The van der Waals surface area contributed by atoms with E-state index in [9.17, 15) is 0 Å². The van der Waals surface area contributed by atoms with Gasteiger partial charge >= 0.3 is 0 Å². The Morgan fingerprint density at radius 2 is 2.21 bits per heavy atom. The molecule has 0 aliphatic rings. The summed E-state index contributed by atoms with van der Waals surface area (Å²) in [6.07, 6.45) is 1.08. The second-order valence-electron chi connectivity index (χ2n) is 3.57. The van der Waals surface area contributed by atoms with E-state index in [0.29, 0.717) is 18.5 Å². The van der Waals surface area contributed by atoms with Crippen molar-refractivity contribution in [3.8, 4) is 0 Å². The predicted octanol–water partition coefficient (Wildman–Crippen LogP) is 0.973. The number of guanidine groups is 1. The third-order valence-electron chi connectivity index (χ3n) is 1.75. The van der Waals surface area contributed by atoms with Gasteiger partial charge in [-0.25, -0.2) is 0 Å². The number of nitrogens with two attached hydrogens (primary N) is 1. The van der Waals surface area contributed by atoms with Crippen LogP contribution in [0.2, 0.25) is 0 Å². The van der Waals surface area contributed by atoms with Gasteiger partial charge < -0.3 is 15.8 Å². The Morgan fingerprint density at radius 1 is 1.50 bits per heavy atom. The predicted molar refractivity (Wildman–Crippen MR) is 60.4 cm³/mol. The summed E-state index contributed by atoms with van der Waals surface area (Å²) in [5, 5.41) is 2.99. The molecule has 0 aromatic rings. The van der Waals surface area contributed by atoms with Crippen LogP contribution in [0.4, 0.5) is 0 Å². The van der Waals surface area contributed by atoms with E-state index in [-0.39, 0.29) is 0 Å². The number of hydrogen-bond donors (Lipinski definition) is 2. The zero-order valence-electron chi connectivity index (χ0n) is 9.55. The summed E-state index contributed by atoms with van der Waals surface area (Å²) in [5.74, 6) is 1.19. The van der Waals surface area contributed by atoms with Crippen LogP contribution in [0.15, 0.2) is 4.99 Å². The molecule has 84 valence electrons. The van der Waals surface area contributed by atoms with Crippen molar-refractivity contribution < 1.29 is 4.74 Å². The molecule has 0 heterocycles. The van der Waals surface area contributed by atoms with Crippen molar-refractivity contribution in [1.82, 2.24) is 5.32 Å². The summed E-state index contributed by atoms with van der Waals surface area (Å²) >= 11 is 0. The number of aliphatic imine (C=N–C) groups is 1. The van der Waals surface area contributed by atoms with E-state index in [1.807, 2.05) is 6.92 Å². The van der Waals surface area contributed by atoms with Gasteiger partial charge in [0.25, 0.3) is 0 Å². The molecule has 0 unspecified atom stereocenters. The Kier molecular flexibility index (Phi) is 8.33. The maximum Gasteiger partial charge on any atom is 0.188 e. The van der Waals surface area contributed by atoms with Gasteiger partial charge in [0, 0.05) is 19.7 Å². The Morgan fingerprint density at radius 3 is 2.79 bits per heavy atom. The van der Waals surface area contributed by atoms with Crippen LogP contribution >= 0.6 is 0 Å². The SMILES string of the molecule is CCOCCNC(N)=NCCC(C)C. The fourth-order valence-electron chi connectivity index (χ4n) is 0.895. The fraction of sp³-hybridized carbons (Fsp3) is 0.900. The standard InChI is InChI=1S/C10H23N3O/c1-4-14-8-7-13-10(11)12-6-5-9(2)3/h9H,4-8H2,1-3H3,(H3,11,12,13). The van der Waals surface area contributed by atoms with E-state index in [1.54, 1.807) is 0 Å². The van der Waals surface area contributed by atoms with Crippen LogP contribution in [-0.2, 0) is 4.74 Å². The van der Waals surface area contributed by atoms with Gasteiger partial charge in [-0.3, -0.25) is 4.99 Å². The highest BCUT2D eigenvalue weighted by Gasteiger charge is 1.93. The van der Waals surface area contributed by atoms with E-state index >= 15 is 0 Å². The average molecular weight is 201 g/mol. The van der Waals surface area contributed by atoms with E-state index in [1.165, 1.54) is 0 Å². The van der Waals surface area contributed by atoms with E-state index in [2.05, 4.69) is 24.2 Å². The first-order valence-electron chi connectivity index (χ1n) is 5.28. The lowest BCUT2D eigenvalue weighted by molar-refractivity contribution is 0.152. The van der Waals surface area contributed by atoms with Gasteiger partial charge in [-0.05, 0) is 19.3 Å². The highest BCUT2D eigenvalue weighted by molar-refractivity contribution is 5.77. The maximum absolute atomic E-state index is 5.63. The first kappa shape index (κ1) is 13.2. The lowest BCUT2D eigenvalue weighted by Crippen LogP contribution is -2.34. The Bertz CT molecular complexity index is 157. The van der Waals surface area contributed by atoms with Crippen molar-refractivity contribution in [2.24, 2.45) is 16.6 Å². The van der Waals surface area contributed by atoms with E-state index in [4.69, 9.17) is 10.5 Å². The van der Waals surface area contributed by atoms with Gasteiger partial charge in [-0.1, -0.05) is 13.8 Å². The summed E-state index contributed by atoms with van der Waals surface area (Å²) in [6.45, 7) is 9.27. The molecule has 0 rings (SSSR count). The van der Waals surface area contributed by atoms with Crippen LogP contribution in [-0.4, -0.2) is 32.3 Å². The van der Waals surface area contributed by atoms with Crippen molar-refractivity contribution in [3.63, 3.8) is 0 Å². The summed E-state index contributed by atoms with van der Waals surface area (Å²) < 4.78 is 5.15. The first-order valence-corrected chi connectivity index (χ1v) is 5.28. The first-order chi connectivity index (χ1) is 6.66. The molecule has 0 aliphatic heterocycles. The third-order valence-corrected chi connectivity index (χ3v) is 1.75. The van der Waals surface area contributed by atoms with Crippen molar-refractivity contribution >= 4 is 5.96 Å². The second-order valence-corrected chi connectivity index (χ2v) is 3.57. The van der Waals surface area contributed by atoms with Crippen molar-refractivity contribution in [2.45, 2.75) is 27.2 Å². The fourth-order valence-corrected chi connectivity index (χ4v) is 0.895. The molecular weight excluding hydrogens is 178 g/mol. The Hall–Kier alpha value is -0.770. The van der Waals surface area contributed by atoms with Crippen LogP contribution in [0.3, 0.4) is 0 Å². The summed E-state index contributed by atoms with van der Waals surface area (Å²) in [4.78, 5) is 4.19. The average Bonchev–Trinajstić information content (AvgIpc) is 2.12. The van der Waals surface area contributed by atoms with Crippen molar-refractivity contribution in [3.05, 3.63) is 0 Å². The summed E-state index contributed by atoms with van der Waals surface area (Å²) in [6, 6.07) is 0. The Labute approximate surface area is 86.9 Å². The van der Waals surface area contributed by atoms with Gasteiger partial charge in [-0.15, -0.1) is 0 Å². The summed E-state index contributed by atoms with van der Waals surface area (Å²) in [7, 11) is 0. The van der Waals surface area contributed by atoms with Gasteiger partial charge in [0.1, 0.15) is 0 Å². The topological polar surface area (TPSA) is 59.6 Å². The zero-order chi connectivity index (χ0) is 10.8. The molecule has 4 nitrogen and oxygen atoms in total. The van der Waals surface area contributed by atoms with Crippen LogP contribution in [0, 0.1) is 5.92 Å². The minimum Gasteiger partial charge on any atom is -0.380 e. The van der Waals surface area contributed by atoms with Crippen LogP contribution < -0.4 is 11.1 Å². The number of hydrogen-bond acceptors (Lipinski definition) is 2. The lowest BCUT2D eigenvalue weighted by atomic mass is 10.1. The van der Waals surface area contributed by atoms with Crippen molar-refractivity contribution in [1.29, 1.82) is 0 Å². The van der Waals surface area contributed by atoms with Crippen molar-refractivity contribution in [2.75, 3.05) is 26.3 Å².